The molecule has 4 unspecified atom stereocenters. The van der Waals surface area contributed by atoms with Gasteiger partial charge < -0.3 is 48.0 Å². The van der Waals surface area contributed by atoms with Gasteiger partial charge in [-0.15, -0.1) is 60.7 Å². The van der Waals surface area contributed by atoms with Crippen LogP contribution in [0.25, 0.3) is 0 Å². The Morgan fingerprint density at radius 3 is 1.51 bits per heavy atom. The summed E-state index contributed by atoms with van der Waals surface area (Å²) in [4.78, 5) is 93.3. The third kappa shape index (κ3) is 9.54. The number of rotatable bonds is 18. The number of methoxy groups -OCH3 is 2. The lowest BCUT2D eigenvalue weighted by atomic mass is 9.80. The van der Waals surface area contributed by atoms with E-state index in [1.165, 1.54) is 0 Å². The highest BCUT2D eigenvalue weighted by Gasteiger charge is 2.56. The van der Waals surface area contributed by atoms with Crippen molar-refractivity contribution in [2.75, 3.05) is 27.4 Å². The van der Waals surface area contributed by atoms with Crippen LogP contribution in [-0.4, -0.2) is 113 Å². The van der Waals surface area contributed by atoms with E-state index in [0.717, 1.165) is 14.2 Å². The van der Waals surface area contributed by atoms with E-state index in [0.29, 0.717) is 0 Å². The minimum absolute atomic E-state index is 0.624. The first-order valence-corrected chi connectivity index (χ1v) is 11.3. The minimum Gasteiger partial charge on any atom is -0.379 e. The quantitative estimate of drug-likeness (QED) is 0.114. The van der Waals surface area contributed by atoms with E-state index in [4.69, 9.17) is 18.9 Å². The average Bonchev–Trinajstić information content (AvgIpc) is 2.89. The molecular weight excluding hydrogens is 616 g/mol. The fourth-order valence-electron chi connectivity index (χ4n) is 4.59. The van der Waals surface area contributed by atoms with Gasteiger partial charge in [0.25, 0.3) is 30.5 Å². The number of hydrogen-bond donors (Lipinski definition) is 0. The van der Waals surface area contributed by atoms with E-state index < -0.39 is 111 Å². The van der Waals surface area contributed by atoms with Crippen molar-refractivity contribution in [3.63, 3.8) is 0 Å². The third-order valence-electron chi connectivity index (χ3n) is 6.01. The van der Waals surface area contributed by atoms with Gasteiger partial charge >= 0.3 is 0 Å². The topological polar surface area (TPSA) is 351 Å². The van der Waals surface area contributed by atoms with Gasteiger partial charge in [0.1, 0.15) is 25.4 Å². The fraction of sp³-hybridized carbons (Fsp3) is 1.00. The van der Waals surface area contributed by atoms with Gasteiger partial charge in [-0.25, -0.2) is 0 Å². The molecule has 0 amide bonds. The van der Waals surface area contributed by atoms with Crippen molar-refractivity contribution in [3.8, 4) is 0 Å². The van der Waals surface area contributed by atoms with Gasteiger partial charge in [0, 0.05) is 20.1 Å². The zero-order valence-electron chi connectivity index (χ0n) is 21.6. The fourth-order valence-corrected chi connectivity index (χ4v) is 4.59. The van der Waals surface area contributed by atoms with Gasteiger partial charge in [-0.2, -0.15) is 0 Å². The zero-order valence-corrected chi connectivity index (χ0v) is 21.6. The SMILES string of the molecule is CO[C@@H]1O[C@@H](CO[N+](=O)[O-])[C@@H](O[C@@H]2CC(CO[N+](=O)[O-])[C@@H](OC)[C@H](O[N+](=O)[O-])C2O[N+](=O)[O-])C(O[N+](=O)[O-])C1O[N+](=O)[O-]. The molecule has 1 saturated carbocycles. The summed E-state index contributed by atoms with van der Waals surface area (Å²) in [7, 11) is 1.87. The summed E-state index contributed by atoms with van der Waals surface area (Å²) in [6.07, 6.45) is -18.6. The highest BCUT2D eigenvalue weighted by molar-refractivity contribution is 4.98. The second kappa shape index (κ2) is 15.3. The van der Waals surface area contributed by atoms with Crippen molar-refractivity contribution in [1.82, 2.24) is 0 Å². The smallest absolute Gasteiger partial charge is 0.295 e. The number of nitrogens with zero attached hydrogens (tertiary/aromatic N) is 6. The Morgan fingerprint density at radius 2 is 1.05 bits per heavy atom. The van der Waals surface area contributed by atoms with Crippen LogP contribution >= 0.6 is 0 Å². The van der Waals surface area contributed by atoms with Gasteiger partial charge in [0.15, 0.2) is 30.7 Å². The first-order chi connectivity index (χ1) is 20.2. The minimum atomic E-state index is -2.26. The second-order valence-electron chi connectivity index (χ2n) is 8.33. The van der Waals surface area contributed by atoms with Crippen molar-refractivity contribution in [2.45, 2.75) is 61.5 Å². The lowest BCUT2D eigenvalue weighted by Crippen LogP contribution is -2.65. The predicted octanol–water partition coefficient (Wildman–Crippen LogP) is -2.13. The molecule has 0 aromatic heterocycles. The van der Waals surface area contributed by atoms with Crippen LogP contribution in [0, 0.1) is 66.6 Å². The Balaban J connectivity index is 2.64. The normalized spacial score (nSPS) is 32.0. The molecule has 1 saturated heterocycles. The van der Waals surface area contributed by atoms with E-state index in [1.807, 2.05) is 0 Å². The van der Waals surface area contributed by atoms with Crippen LogP contribution in [0.15, 0.2) is 0 Å². The maximum Gasteiger partial charge on any atom is 0.295 e. The van der Waals surface area contributed by atoms with Crippen molar-refractivity contribution in [3.05, 3.63) is 60.7 Å². The lowest BCUT2D eigenvalue weighted by molar-refractivity contribution is -0.809. The molecule has 43 heavy (non-hydrogen) atoms. The van der Waals surface area contributed by atoms with Crippen LogP contribution < -0.4 is 0 Å². The van der Waals surface area contributed by atoms with Gasteiger partial charge in [0.2, 0.25) is 0 Å². The summed E-state index contributed by atoms with van der Waals surface area (Å²) in [5, 5.41) is 58.5. The van der Waals surface area contributed by atoms with E-state index in [9.17, 15) is 60.7 Å². The van der Waals surface area contributed by atoms with Crippen molar-refractivity contribution < 1.29 is 78.5 Å². The van der Waals surface area contributed by atoms with Gasteiger partial charge in [-0.1, -0.05) is 0 Å². The standard InChI is InChI=1S/C15H22N6O22/c1-34-9-6(4-36-16(22)23)3-7(11(40-18(26)27)12(9)41-19(28)29)38-10-8(5-37-17(24)25)39-15(35-2)14(43-21(32)33)13(10)42-20(30)31/h6-15H,3-5H2,1-2H3/t6?,7-,8+,9-,10-,11?,12+,13?,14?,15-/m1/s1. The monoisotopic (exact) mass is 638 g/mol. The second-order valence-corrected chi connectivity index (χ2v) is 8.33. The van der Waals surface area contributed by atoms with Crippen molar-refractivity contribution in [2.24, 2.45) is 5.92 Å². The molecule has 0 N–H and O–H groups in total. The molecule has 0 aromatic rings. The van der Waals surface area contributed by atoms with E-state index >= 15 is 0 Å². The van der Waals surface area contributed by atoms with Crippen molar-refractivity contribution >= 4 is 0 Å². The Kier molecular flexibility index (Phi) is 12.2. The zero-order chi connectivity index (χ0) is 32.4. The summed E-state index contributed by atoms with van der Waals surface area (Å²) in [5.74, 6) is -1.30. The van der Waals surface area contributed by atoms with Crippen LogP contribution in [0.1, 0.15) is 6.42 Å². The molecule has 28 heteroatoms. The van der Waals surface area contributed by atoms with Gasteiger partial charge in [-0.05, 0) is 6.42 Å². The Labute approximate surface area is 235 Å². The van der Waals surface area contributed by atoms with Crippen LogP contribution in [0.2, 0.25) is 0 Å². The molecule has 2 fully saturated rings. The average molecular weight is 638 g/mol. The van der Waals surface area contributed by atoms with Crippen LogP contribution in [0.3, 0.4) is 0 Å². The summed E-state index contributed by atoms with van der Waals surface area (Å²) >= 11 is 0. The molecule has 1 aliphatic carbocycles. The summed E-state index contributed by atoms with van der Waals surface area (Å²) < 4.78 is 21.1. The van der Waals surface area contributed by atoms with E-state index in [2.05, 4.69) is 29.0 Å². The lowest BCUT2D eigenvalue weighted by Gasteiger charge is -2.48. The Bertz CT molecular complexity index is 1030. The Morgan fingerprint density at radius 1 is 0.581 bits per heavy atom. The predicted molar refractivity (Wildman–Crippen MR) is 117 cm³/mol. The molecular formula is C15H22N6O22. The molecule has 2 aliphatic rings. The molecule has 2 rings (SSSR count). The summed E-state index contributed by atoms with van der Waals surface area (Å²) in [6.45, 7) is -1.98. The maximum atomic E-state index is 11.3. The molecule has 1 aliphatic heterocycles. The van der Waals surface area contributed by atoms with Crippen LogP contribution in [0.4, 0.5) is 0 Å². The highest BCUT2D eigenvalue weighted by Crippen LogP contribution is 2.37. The number of ether oxygens (including phenoxy) is 4. The first kappa shape index (κ1) is 34.2. The van der Waals surface area contributed by atoms with E-state index in [1.54, 1.807) is 0 Å². The van der Waals surface area contributed by atoms with Crippen LogP contribution in [-0.2, 0) is 48.0 Å². The van der Waals surface area contributed by atoms with Gasteiger partial charge in [0.05, 0.1) is 12.2 Å². The van der Waals surface area contributed by atoms with Crippen molar-refractivity contribution in [1.29, 1.82) is 0 Å². The molecule has 1 heterocycles. The summed E-state index contributed by atoms with van der Waals surface area (Å²) in [5.41, 5.74) is 0. The molecule has 0 aromatic carbocycles. The molecule has 244 valence electrons. The first-order valence-electron chi connectivity index (χ1n) is 11.3. The largest absolute Gasteiger partial charge is 0.379 e. The number of hydrogen-bond acceptors (Lipinski definition) is 22. The van der Waals surface area contributed by atoms with Crippen LogP contribution in [0.5, 0.6) is 0 Å². The van der Waals surface area contributed by atoms with E-state index in [-0.39, 0.29) is 0 Å². The Hall–Kier alpha value is -4.96. The van der Waals surface area contributed by atoms with Gasteiger partial charge in [-0.3, -0.25) is 0 Å². The molecule has 28 nitrogen and oxygen atoms in total. The molecule has 0 radical (unpaired) electrons. The molecule has 0 bridgehead atoms. The molecule has 0 spiro atoms. The summed E-state index contributed by atoms with van der Waals surface area (Å²) in [6, 6.07) is 0. The third-order valence-corrected chi connectivity index (χ3v) is 6.01. The maximum absolute atomic E-state index is 11.3. The molecule has 10 atom stereocenters. The highest BCUT2D eigenvalue weighted by atomic mass is 17.0.